The van der Waals surface area contributed by atoms with Gasteiger partial charge in [-0.2, -0.15) is 18.4 Å². The molecule has 0 bridgehead atoms. The molecule has 2 amide bonds. The number of para-hydroxylation sites is 1. The Bertz CT molecular complexity index is 824. The zero-order chi connectivity index (χ0) is 18.4. The lowest BCUT2D eigenvalue weighted by Gasteiger charge is -2.09. The van der Waals surface area contributed by atoms with Gasteiger partial charge >= 0.3 is 6.18 Å². The molecule has 5 nitrogen and oxygen atoms in total. The third kappa shape index (κ3) is 4.81. The van der Waals surface area contributed by atoms with Crippen molar-refractivity contribution in [3.63, 3.8) is 0 Å². The average molecular weight is 347 g/mol. The lowest BCUT2D eigenvalue weighted by molar-refractivity contribution is -0.137. The second-order valence-corrected chi connectivity index (χ2v) is 4.96. The second-order valence-electron chi connectivity index (χ2n) is 4.96. The number of hydrogen-bond acceptors (Lipinski definition) is 3. The Morgan fingerprint density at radius 1 is 1.04 bits per heavy atom. The van der Waals surface area contributed by atoms with Crippen molar-refractivity contribution in [3.05, 3.63) is 65.2 Å². The minimum absolute atomic E-state index is 0.00164. The van der Waals surface area contributed by atoms with Gasteiger partial charge in [-0.15, -0.1) is 0 Å². The first kappa shape index (κ1) is 18.0. The number of nitrogens with one attached hydrogen (secondary N) is 2. The Hall–Kier alpha value is -3.34. The van der Waals surface area contributed by atoms with Gasteiger partial charge in [-0.05, 0) is 36.4 Å². The van der Waals surface area contributed by atoms with Gasteiger partial charge in [-0.3, -0.25) is 9.59 Å². The number of nitriles is 1. The highest BCUT2D eigenvalue weighted by Gasteiger charge is 2.30. The number of alkyl halides is 3. The summed E-state index contributed by atoms with van der Waals surface area (Å²) in [6, 6.07) is 11.9. The summed E-state index contributed by atoms with van der Waals surface area (Å²) in [6.07, 6.45) is -4.48. The third-order valence-electron chi connectivity index (χ3n) is 3.21. The van der Waals surface area contributed by atoms with E-state index in [4.69, 9.17) is 5.26 Å². The fourth-order valence-electron chi connectivity index (χ4n) is 1.96. The van der Waals surface area contributed by atoms with Crippen LogP contribution in [0.1, 0.15) is 21.5 Å². The minimum atomic E-state index is -4.48. The maximum absolute atomic E-state index is 12.5. The van der Waals surface area contributed by atoms with Gasteiger partial charge in [0.2, 0.25) is 5.91 Å². The molecule has 25 heavy (non-hydrogen) atoms. The number of halogens is 3. The van der Waals surface area contributed by atoms with Crippen molar-refractivity contribution in [1.82, 2.24) is 5.32 Å². The highest BCUT2D eigenvalue weighted by molar-refractivity contribution is 5.99. The Balaban J connectivity index is 1.93. The van der Waals surface area contributed by atoms with E-state index in [0.29, 0.717) is 5.69 Å². The summed E-state index contributed by atoms with van der Waals surface area (Å²) in [5.74, 6) is -1.25. The molecule has 0 fully saturated rings. The molecule has 0 aliphatic carbocycles. The van der Waals surface area contributed by atoms with Crippen LogP contribution in [0.2, 0.25) is 0 Å². The van der Waals surface area contributed by atoms with Crippen LogP contribution in [0.4, 0.5) is 18.9 Å². The van der Waals surface area contributed by atoms with Gasteiger partial charge in [0.15, 0.2) is 0 Å². The van der Waals surface area contributed by atoms with Gasteiger partial charge in [0.25, 0.3) is 5.91 Å². The number of anilines is 1. The van der Waals surface area contributed by atoms with Crippen LogP contribution < -0.4 is 10.6 Å². The van der Waals surface area contributed by atoms with E-state index in [2.05, 4.69) is 10.6 Å². The summed E-state index contributed by atoms with van der Waals surface area (Å²) in [5.41, 5.74) is -0.295. The molecule has 0 unspecified atom stereocenters. The molecule has 2 N–H and O–H groups in total. The molecule has 2 aromatic rings. The average Bonchev–Trinajstić information content (AvgIpc) is 2.59. The molecular formula is C17H12F3N3O2. The van der Waals surface area contributed by atoms with E-state index in [1.165, 1.54) is 12.1 Å². The van der Waals surface area contributed by atoms with Crippen molar-refractivity contribution in [1.29, 1.82) is 5.26 Å². The van der Waals surface area contributed by atoms with E-state index in [1.54, 1.807) is 12.1 Å². The number of nitrogens with zero attached hydrogens (tertiary/aromatic N) is 1. The Morgan fingerprint density at radius 2 is 1.68 bits per heavy atom. The summed E-state index contributed by atoms with van der Waals surface area (Å²) < 4.78 is 37.4. The largest absolute Gasteiger partial charge is 0.416 e. The SMILES string of the molecule is N#Cc1ccccc1NC(=O)CNC(=O)c1ccc(C(F)(F)F)cc1. The predicted molar refractivity (Wildman–Crippen MR) is 83.6 cm³/mol. The van der Waals surface area contributed by atoms with Crippen LogP contribution >= 0.6 is 0 Å². The van der Waals surface area contributed by atoms with Gasteiger partial charge in [0.05, 0.1) is 23.4 Å². The van der Waals surface area contributed by atoms with Gasteiger partial charge in [0, 0.05) is 5.56 Å². The fraction of sp³-hybridized carbons (Fsp3) is 0.118. The summed E-state index contributed by atoms with van der Waals surface area (Å²) in [4.78, 5) is 23.7. The molecule has 0 aliphatic rings. The van der Waals surface area contributed by atoms with Crippen molar-refractivity contribution in [3.8, 4) is 6.07 Å². The normalized spacial score (nSPS) is 10.6. The van der Waals surface area contributed by atoms with Crippen molar-refractivity contribution in [2.24, 2.45) is 0 Å². The smallest absolute Gasteiger partial charge is 0.343 e. The summed E-state index contributed by atoms with van der Waals surface area (Å²) in [5, 5.41) is 13.7. The van der Waals surface area contributed by atoms with Gasteiger partial charge < -0.3 is 10.6 Å². The quantitative estimate of drug-likeness (QED) is 0.892. The van der Waals surface area contributed by atoms with Gasteiger partial charge in [-0.25, -0.2) is 0 Å². The van der Waals surface area contributed by atoms with Crippen molar-refractivity contribution in [2.45, 2.75) is 6.18 Å². The molecule has 128 valence electrons. The van der Waals surface area contributed by atoms with Gasteiger partial charge in [-0.1, -0.05) is 12.1 Å². The fourth-order valence-corrected chi connectivity index (χ4v) is 1.96. The number of rotatable bonds is 4. The Labute approximate surface area is 141 Å². The van der Waals surface area contributed by atoms with Crippen LogP contribution in [0.3, 0.4) is 0 Å². The van der Waals surface area contributed by atoms with Crippen molar-refractivity contribution >= 4 is 17.5 Å². The van der Waals surface area contributed by atoms with Crippen LogP contribution in [-0.4, -0.2) is 18.4 Å². The first-order chi connectivity index (χ1) is 11.8. The Kier molecular flexibility index (Phi) is 5.39. The molecule has 0 atom stereocenters. The number of amides is 2. The molecular weight excluding hydrogens is 335 g/mol. The van der Waals surface area contributed by atoms with E-state index >= 15 is 0 Å². The molecule has 0 aromatic heterocycles. The first-order valence-corrected chi connectivity index (χ1v) is 7.05. The molecule has 0 heterocycles. The van der Waals surface area contributed by atoms with Crippen LogP contribution in [0.25, 0.3) is 0 Å². The van der Waals surface area contributed by atoms with Crippen LogP contribution in [0, 0.1) is 11.3 Å². The predicted octanol–water partition coefficient (Wildman–Crippen LogP) is 2.95. The van der Waals surface area contributed by atoms with E-state index < -0.39 is 23.6 Å². The second kappa shape index (κ2) is 7.49. The van der Waals surface area contributed by atoms with Gasteiger partial charge in [0.1, 0.15) is 6.07 Å². The van der Waals surface area contributed by atoms with E-state index in [-0.39, 0.29) is 17.7 Å². The minimum Gasteiger partial charge on any atom is -0.343 e. The highest BCUT2D eigenvalue weighted by atomic mass is 19.4. The number of carbonyl (C=O) groups excluding carboxylic acids is 2. The van der Waals surface area contributed by atoms with Crippen LogP contribution in [0.15, 0.2) is 48.5 Å². The number of hydrogen-bond donors (Lipinski definition) is 2. The molecule has 8 heteroatoms. The monoisotopic (exact) mass is 347 g/mol. The lowest BCUT2D eigenvalue weighted by atomic mass is 10.1. The number of carbonyl (C=O) groups is 2. The van der Waals surface area contributed by atoms with Crippen LogP contribution in [-0.2, 0) is 11.0 Å². The molecule has 2 aromatic carbocycles. The molecule has 0 aliphatic heterocycles. The highest BCUT2D eigenvalue weighted by Crippen LogP contribution is 2.29. The first-order valence-electron chi connectivity index (χ1n) is 7.05. The molecule has 0 saturated carbocycles. The van der Waals surface area contributed by atoms with E-state index in [9.17, 15) is 22.8 Å². The topological polar surface area (TPSA) is 82.0 Å². The summed E-state index contributed by atoms with van der Waals surface area (Å²) in [7, 11) is 0. The lowest BCUT2D eigenvalue weighted by Crippen LogP contribution is -2.33. The maximum Gasteiger partial charge on any atom is 0.416 e. The molecule has 0 spiro atoms. The third-order valence-corrected chi connectivity index (χ3v) is 3.21. The maximum atomic E-state index is 12.5. The Morgan fingerprint density at radius 3 is 2.28 bits per heavy atom. The van der Waals surface area contributed by atoms with E-state index in [0.717, 1.165) is 24.3 Å². The summed E-state index contributed by atoms with van der Waals surface area (Å²) in [6.45, 7) is -0.389. The molecule has 2 rings (SSSR count). The zero-order valence-electron chi connectivity index (χ0n) is 12.7. The summed E-state index contributed by atoms with van der Waals surface area (Å²) >= 11 is 0. The van der Waals surface area contributed by atoms with Crippen molar-refractivity contribution < 1.29 is 22.8 Å². The standard InChI is InChI=1S/C17H12F3N3O2/c18-17(19,20)13-7-5-11(6-8-13)16(25)22-10-15(24)23-14-4-2-1-3-12(14)9-21/h1-8H,10H2,(H,22,25)(H,23,24). The molecule has 0 saturated heterocycles. The zero-order valence-corrected chi connectivity index (χ0v) is 12.7. The molecule has 0 radical (unpaired) electrons. The van der Waals surface area contributed by atoms with E-state index in [1.807, 2.05) is 6.07 Å². The van der Waals surface area contributed by atoms with Crippen LogP contribution in [0.5, 0.6) is 0 Å². The number of benzene rings is 2. The van der Waals surface area contributed by atoms with Crippen molar-refractivity contribution in [2.75, 3.05) is 11.9 Å².